The minimum absolute atomic E-state index is 0. The second kappa shape index (κ2) is 8.89. The standard InChI is InChI=1S/C17H27N5O2.2ClH/c23-15-3-8-21(12-17(15)4-1-6-19-16(17)24)11-13-9-14-10-18-5-2-7-22(14)20-13;;/h9,15,18,23H,1-8,10-12H2,(H,19,24);2*1H/t15-,17+;;/m0../s1. The van der Waals surface area contributed by atoms with Crippen LogP contribution in [0.15, 0.2) is 6.07 Å². The van der Waals surface area contributed by atoms with E-state index in [1.165, 1.54) is 5.69 Å². The molecule has 0 saturated carbocycles. The summed E-state index contributed by atoms with van der Waals surface area (Å²) in [5, 5.41) is 21.6. The van der Waals surface area contributed by atoms with Gasteiger partial charge in [0.1, 0.15) is 0 Å². The number of aryl methyl sites for hydroxylation is 1. The third-order valence-corrected chi connectivity index (χ3v) is 5.73. The highest BCUT2D eigenvalue weighted by molar-refractivity contribution is 5.85. The van der Waals surface area contributed by atoms with Crippen molar-refractivity contribution in [1.82, 2.24) is 25.3 Å². The quantitative estimate of drug-likeness (QED) is 0.673. The first-order valence-electron chi connectivity index (χ1n) is 9.12. The van der Waals surface area contributed by atoms with E-state index < -0.39 is 11.5 Å². The fraction of sp³-hybridized carbons (Fsp3) is 0.765. The Morgan fingerprint density at radius 2 is 2.12 bits per heavy atom. The fourth-order valence-corrected chi connectivity index (χ4v) is 4.39. The second-order valence-corrected chi connectivity index (χ2v) is 7.41. The van der Waals surface area contributed by atoms with E-state index in [9.17, 15) is 9.90 Å². The summed E-state index contributed by atoms with van der Waals surface area (Å²) in [5.74, 6) is 0.0239. The van der Waals surface area contributed by atoms with Gasteiger partial charge in [-0.1, -0.05) is 0 Å². The lowest BCUT2D eigenvalue weighted by Gasteiger charge is -2.46. The number of aliphatic hydroxyl groups excluding tert-OH is 1. The number of rotatable bonds is 2. The molecular weight excluding hydrogens is 377 g/mol. The van der Waals surface area contributed by atoms with E-state index >= 15 is 0 Å². The molecule has 148 valence electrons. The van der Waals surface area contributed by atoms with E-state index in [1.807, 2.05) is 0 Å². The van der Waals surface area contributed by atoms with Gasteiger partial charge in [0, 0.05) is 39.3 Å². The number of nitrogens with zero attached hydrogens (tertiary/aromatic N) is 3. The number of hydrogen-bond donors (Lipinski definition) is 3. The van der Waals surface area contributed by atoms with Crippen LogP contribution >= 0.6 is 24.8 Å². The van der Waals surface area contributed by atoms with Crippen molar-refractivity contribution in [2.24, 2.45) is 5.41 Å². The van der Waals surface area contributed by atoms with Crippen LogP contribution in [0, 0.1) is 5.41 Å². The van der Waals surface area contributed by atoms with Crippen LogP contribution in [0.25, 0.3) is 0 Å². The maximum atomic E-state index is 12.5. The Morgan fingerprint density at radius 3 is 2.92 bits per heavy atom. The molecule has 2 saturated heterocycles. The molecule has 1 amide bonds. The zero-order valence-corrected chi connectivity index (χ0v) is 16.6. The molecule has 4 rings (SSSR count). The zero-order valence-electron chi connectivity index (χ0n) is 14.9. The molecular formula is C17H29Cl2N5O2. The normalized spacial score (nSPS) is 29.1. The van der Waals surface area contributed by atoms with Crippen molar-refractivity contribution in [1.29, 1.82) is 0 Å². The van der Waals surface area contributed by atoms with Gasteiger partial charge in [-0.25, -0.2) is 0 Å². The number of carbonyl (C=O) groups excluding carboxylic acids is 1. The van der Waals surface area contributed by atoms with E-state index in [-0.39, 0.29) is 30.7 Å². The predicted molar refractivity (Wildman–Crippen MR) is 104 cm³/mol. The SMILES string of the molecule is Cl.Cl.O=C1NCCC[C@]12CN(Cc1cc3n(n1)CCCNC3)CC[C@@H]2O. The van der Waals surface area contributed by atoms with Gasteiger partial charge in [-0.3, -0.25) is 14.4 Å². The largest absolute Gasteiger partial charge is 0.392 e. The first-order chi connectivity index (χ1) is 11.7. The predicted octanol–water partition coefficient (Wildman–Crippen LogP) is 0.683. The number of hydrogen-bond acceptors (Lipinski definition) is 5. The van der Waals surface area contributed by atoms with Crippen molar-refractivity contribution in [3.8, 4) is 0 Å². The number of amides is 1. The minimum Gasteiger partial charge on any atom is -0.392 e. The Labute approximate surface area is 166 Å². The van der Waals surface area contributed by atoms with E-state index in [1.54, 1.807) is 0 Å². The number of likely N-dealkylation sites (tertiary alicyclic amines) is 1. The Hall–Kier alpha value is -0.860. The second-order valence-electron chi connectivity index (χ2n) is 7.41. The molecule has 7 nitrogen and oxygen atoms in total. The Morgan fingerprint density at radius 1 is 1.27 bits per heavy atom. The summed E-state index contributed by atoms with van der Waals surface area (Å²) in [6, 6.07) is 2.18. The monoisotopic (exact) mass is 405 g/mol. The van der Waals surface area contributed by atoms with Crippen LogP contribution in [0.4, 0.5) is 0 Å². The number of aliphatic hydroxyl groups is 1. The molecule has 3 aliphatic rings. The van der Waals surface area contributed by atoms with Crippen LogP contribution in [-0.2, 0) is 24.4 Å². The van der Waals surface area contributed by atoms with Gasteiger partial charge in [0.2, 0.25) is 5.91 Å². The summed E-state index contributed by atoms with van der Waals surface area (Å²) < 4.78 is 2.11. The van der Waals surface area contributed by atoms with Crippen LogP contribution in [0.1, 0.15) is 37.1 Å². The lowest BCUT2D eigenvalue weighted by molar-refractivity contribution is -0.149. The van der Waals surface area contributed by atoms with Crippen LogP contribution in [0.5, 0.6) is 0 Å². The molecule has 2 fully saturated rings. The van der Waals surface area contributed by atoms with Gasteiger partial charge < -0.3 is 15.7 Å². The third-order valence-electron chi connectivity index (χ3n) is 5.73. The van der Waals surface area contributed by atoms with Gasteiger partial charge in [0.25, 0.3) is 0 Å². The van der Waals surface area contributed by atoms with Gasteiger partial charge in [-0.15, -0.1) is 24.8 Å². The molecule has 9 heteroatoms. The molecule has 3 N–H and O–H groups in total. The van der Waals surface area contributed by atoms with Crippen LogP contribution in [0.3, 0.4) is 0 Å². The third kappa shape index (κ3) is 4.02. The van der Waals surface area contributed by atoms with Gasteiger partial charge in [-0.2, -0.15) is 5.10 Å². The zero-order chi connectivity index (χ0) is 16.6. The molecule has 1 aromatic rings. The van der Waals surface area contributed by atoms with E-state index in [4.69, 9.17) is 5.10 Å². The lowest BCUT2D eigenvalue weighted by Crippen LogP contribution is -2.61. The smallest absolute Gasteiger partial charge is 0.230 e. The number of nitrogens with one attached hydrogen (secondary N) is 2. The highest BCUT2D eigenvalue weighted by Gasteiger charge is 2.49. The highest BCUT2D eigenvalue weighted by Crippen LogP contribution is 2.37. The number of fused-ring (bicyclic) bond motifs is 1. The summed E-state index contributed by atoms with van der Waals surface area (Å²) in [5.41, 5.74) is 1.68. The summed E-state index contributed by atoms with van der Waals surface area (Å²) in [6.45, 7) is 5.80. The van der Waals surface area contributed by atoms with Gasteiger partial charge >= 0.3 is 0 Å². The van der Waals surface area contributed by atoms with Gasteiger partial charge in [-0.05, 0) is 38.3 Å². The summed E-state index contributed by atoms with van der Waals surface area (Å²) in [4.78, 5) is 14.7. The van der Waals surface area contributed by atoms with Crippen LogP contribution < -0.4 is 10.6 Å². The minimum atomic E-state index is -0.630. The molecule has 4 heterocycles. The number of aromatic nitrogens is 2. The van der Waals surface area contributed by atoms with Gasteiger partial charge in [0.05, 0.1) is 22.9 Å². The molecule has 3 aliphatic heterocycles. The van der Waals surface area contributed by atoms with Crippen molar-refractivity contribution in [2.45, 2.75) is 51.4 Å². The highest BCUT2D eigenvalue weighted by atomic mass is 35.5. The lowest BCUT2D eigenvalue weighted by atomic mass is 9.71. The molecule has 26 heavy (non-hydrogen) atoms. The first-order valence-corrected chi connectivity index (χ1v) is 9.12. The maximum absolute atomic E-state index is 12.5. The van der Waals surface area contributed by atoms with Crippen LogP contribution in [0.2, 0.25) is 0 Å². The topological polar surface area (TPSA) is 82.4 Å². The van der Waals surface area contributed by atoms with Crippen molar-refractivity contribution in [2.75, 3.05) is 26.2 Å². The van der Waals surface area contributed by atoms with Crippen molar-refractivity contribution >= 4 is 30.7 Å². The average molecular weight is 406 g/mol. The average Bonchev–Trinajstić information content (AvgIpc) is 2.82. The number of piperidine rings is 2. The molecule has 0 aromatic carbocycles. The fourth-order valence-electron chi connectivity index (χ4n) is 4.39. The summed E-state index contributed by atoms with van der Waals surface area (Å²) in [6.07, 6.45) is 2.95. The van der Waals surface area contributed by atoms with E-state index in [2.05, 4.69) is 26.3 Å². The van der Waals surface area contributed by atoms with Crippen molar-refractivity contribution in [3.63, 3.8) is 0 Å². The van der Waals surface area contributed by atoms with Gasteiger partial charge in [0.15, 0.2) is 0 Å². The number of halogens is 2. The molecule has 0 radical (unpaired) electrons. The summed E-state index contributed by atoms with van der Waals surface area (Å²) in [7, 11) is 0. The Bertz CT molecular complexity index is 603. The first kappa shape index (κ1) is 21.4. The molecule has 1 spiro atoms. The molecule has 2 atom stereocenters. The summed E-state index contributed by atoms with van der Waals surface area (Å²) >= 11 is 0. The Balaban J connectivity index is 0.00000121. The Kier molecular flexibility index (Phi) is 7.33. The van der Waals surface area contributed by atoms with E-state index in [0.717, 1.165) is 64.2 Å². The maximum Gasteiger partial charge on any atom is 0.230 e. The van der Waals surface area contributed by atoms with Crippen molar-refractivity contribution in [3.05, 3.63) is 17.5 Å². The molecule has 1 aromatic heterocycles. The number of carbonyl (C=O) groups is 1. The van der Waals surface area contributed by atoms with Crippen LogP contribution in [-0.4, -0.2) is 58.0 Å². The molecule has 0 aliphatic carbocycles. The molecule has 0 bridgehead atoms. The van der Waals surface area contributed by atoms with Crippen molar-refractivity contribution < 1.29 is 9.90 Å². The van der Waals surface area contributed by atoms with E-state index in [0.29, 0.717) is 13.0 Å². The molecule has 0 unspecified atom stereocenters.